The molecule has 1 aliphatic rings. The lowest BCUT2D eigenvalue weighted by atomic mass is 9.99. The SMILES string of the molecule is COC(=O)C(CC(C)C)NC(=O)C(C(C)C)N1C(=O)c2ccccc2C1=O. The fourth-order valence-corrected chi connectivity index (χ4v) is 3.26. The van der Waals surface area contributed by atoms with Gasteiger partial charge < -0.3 is 10.1 Å². The zero-order chi connectivity index (χ0) is 20.3. The number of methoxy groups -OCH3 is 1. The lowest BCUT2D eigenvalue weighted by molar-refractivity contribution is -0.146. The highest BCUT2D eigenvalue weighted by molar-refractivity contribution is 6.22. The summed E-state index contributed by atoms with van der Waals surface area (Å²) >= 11 is 0. The van der Waals surface area contributed by atoms with Crippen molar-refractivity contribution in [2.45, 2.75) is 46.2 Å². The van der Waals surface area contributed by atoms with Gasteiger partial charge in [0.1, 0.15) is 12.1 Å². The number of hydrogen-bond donors (Lipinski definition) is 1. The topological polar surface area (TPSA) is 92.8 Å². The van der Waals surface area contributed by atoms with Crippen molar-refractivity contribution in [2.75, 3.05) is 7.11 Å². The molecule has 3 amide bonds. The first kappa shape index (κ1) is 20.6. The Hall–Kier alpha value is -2.70. The van der Waals surface area contributed by atoms with Gasteiger partial charge in [-0.05, 0) is 30.4 Å². The number of ether oxygens (including phenoxy) is 1. The number of carbonyl (C=O) groups excluding carboxylic acids is 4. The van der Waals surface area contributed by atoms with Crippen molar-refractivity contribution in [2.24, 2.45) is 11.8 Å². The fraction of sp³-hybridized carbons (Fsp3) is 0.500. The van der Waals surface area contributed by atoms with Gasteiger partial charge in [-0.1, -0.05) is 39.8 Å². The number of esters is 1. The standard InChI is InChI=1S/C20H26N2O5/c1-11(2)10-15(20(26)27-5)21-17(23)16(12(3)4)22-18(24)13-8-6-7-9-14(13)19(22)25/h6-9,11-12,15-16H,10H2,1-5H3,(H,21,23). The number of hydrogen-bond acceptors (Lipinski definition) is 5. The van der Waals surface area contributed by atoms with Crippen molar-refractivity contribution < 1.29 is 23.9 Å². The van der Waals surface area contributed by atoms with E-state index in [1.807, 2.05) is 13.8 Å². The second-order valence-corrected chi connectivity index (χ2v) is 7.43. The summed E-state index contributed by atoms with van der Waals surface area (Å²) in [5, 5.41) is 2.67. The van der Waals surface area contributed by atoms with Crippen LogP contribution >= 0.6 is 0 Å². The van der Waals surface area contributed by atoms with Crippen LogP contribution in [0.1, 0.15) is 54.8 Å². The maximum absolute atomic E-state index is 13.0. The van der Waals surface area contributed by atoms with Crippen molar-refractivity contribution in [3.05, 3.63) is 35.4 Å². The first-order valence-electron chi connectivity index (χ1n) is 9.04. The minimum atomic E-state index is -1.02. The van der Waals surface area contributed by atoms with Crippen LogP contribution in [0.15, 0.2) is 24.3 Å². The van der Waals surface area contributed by atoms with Gasteiger partial charge in [-0.15, -0.1) is 0 Å². The number of rotatable bonds is 7. The van der Waals surface area contributed by atoms with E-state index in [-0.39, 0.29) is 23.0 Å². The highest BCUT2D eigenvalue weighted by Gasteiger charge is 2.44. The summed E-state index contributed by atoms with van der Waals surface area (Å²) in [6, 6.07) is 4.64. The summed E-state index contributed by atoms with van der Waals surface area (Å²) in [4.78, 5) is 51.5. The van der Waals surface area contributed by atoms with Gasteiger partial charge in [-0.25, -0.2) is 4.79 Å². The molecule has 0 spiro atoms. The molecule has 1 aliphatic heterocycles. The average molecular weight is 374 g/mol. The Labute approximate surface area is 159 Å². The summed E-state index contributed by atoms with van der Waals surface area (Å²) in [7, 11) is 1.26. The van der Waals surface area contributed by atoms with Crippen molar-refractivity contribution >= 4 is 23.7 Å². The fourth-order valence-electron chi connectivity index (χ4n) is 3.26. The largest absolute Gasteiger partial charge is 0.467 e. The van der Waals surface area contributed by atoms with E-state index in [0.717, 1.165) is 4.90 Å². The van der Waals surface area contributed by atoms with Gasteiger partial charge in [0.05, 0.1) is 18.2 Å². The molecular weight excluding hydrogens is 348 g/mol. The number of nitrogens with one attached hydrogen (secondary N) is 1. The molecule has 27 heavy (non-hydrogen) atoms. The normalized spacial score (nSPS) is 15.7. The van der Waals surface area contributed by atoms with E-state index >= 15 is 0 Å². The van der Waals surface area contributed by atoms with Crippen LogP contribution in [0.3, 0.4) is 0 Å². The van der Waals surface area contributed by atoms with Crippen molar-refractivity contribution in [1.29, 1.82) is 0 Å². The number of imide groups is 1. The van der Waals surface area contributed by atoms with Crippen LogP contribution in [0.4, 0.5) is 0 Å². The quantitative estimate of drug-likeness (QED) is 0.582. The molecule has 0 saturated heterocycles. The van der Waals surface area contributed by atoms with E-state index in [9.17, 15) is 19.2 Å². The third-order valence-electron chi connectivity index (χ3n) is 4.51. The van der Waals surface area contributed by atoms with Crippen molar-refractivity contribution in [3.63, 3.8) is 0 Å². The predicted molar refractivity (Wildman–Crippen MR) is 99.0 cm³/mol. The summed E-state index contributed by atoms with van der Waals surface area (Å²) in [5.41, 5.74) is 0.570. The van der Waals surface area contributed by atoms with E-state index in [4.69, 9.17) is 4.74 Å². The van der Waals surface area contributed by atoms with Gasteiger partial charge in [-0.2, -0.15) is 0 Å². The van der Waals surface area contributed by atoms with Crippen LogP contribution in [0.25, 0.3) is 0 Å². The lowest BCUT2D eigenvalue weighted by Gasteiger charge is -2.30. The third-order valence-corrected chi connectivity index (χ3v) is 4.51. The maximum atomic E-state index is 13.0. The van der Waals surface area contributed by atoms with Gasteiger partial charge in [-0.3, -0.25) is 19.3 Å². The van der Waals surface area contributed by atoms with Crippen LogP contribution in [-0.4, -0.2) is 47.8 Å². The Kier molecular flexibility index (Phi) is 6.36. The first-order chi connectivity index (χ1) is 12.7. The second kappa shape index (κ2) is 8.33. The van der Waals surface area contributed by atoms with Gasteiger partial charge in [0.15, 0.2) is 0 Å². The lowest BCUT2D eigenvalue weighted by Crippen LogP contribution is -2.55. The Bertz CT molecular complexity index is 721. The zero-order valence-corrected chi connectivity index (χ0v) is 16.3. The van der Waals surface area contributed by atoms with E-state index < -0.39 is 35.8 Å². The van der Waals surface area contributed by atoms with E-state index in [0.29, 0.717) is 6.42 Å². The van der Waals surface area contributed by atoms with E-state index in [2.05, 4.69) is 5.32 Å². The molecule has 7 heteroatoms. The van der Waals surface area contributed by atoms with Gasteiger partial charge in [0.2, 0.25) is 5.91 Å². The first-order valence-corrected chi connectivity index (χ1v) is 9.04. The highest BCUT2D eigenvalue weighted by atomic mass is 16.5. The van der Waals surface area contributed by atoms with Crippen LogP contribution in [0.2, 0.25) is 0 Å². The monoisotopic (exact) mass is 374 g/mol. The minimum absolute atomic E-state index is 0.145. The van der Waals surface area contributed by atoms with Crippen LogP contribution in [-0.2, 0) is 14.3 Å². The molecule has 0 radical (unpaired) electrons. The van der Waals surface area contributed by atoms with E-state index in [1.165, 1.54) is 7.11 Å². The Morgan fingerprint density at radius 1 is 1.04 bits per heavy atom. The zero-order valence-electron chi connectivity index (χ0n) is 16.3. The molecule has 2 unspecified atom stereocenters. The van der Waals surface area contributed by atoms with Gasteiger partial charge >= 0.3 is 5.97 Å². The molecule has 1 aromatic carbocycles. The van der Waals surface area contributed by atoms with E-state index in [1.54, 1.807) is 38.1 Å². The molecule has 2 rings (SSSR count). The molecular formula is C20H26N2O5. The summed E-state index contributed by atoms with van der Waals surface area (Å²) in [6.07, 6.45) is 0.394. The predicted octanol–water partition coefficient (Wildman–Crippen LogP) is 2.01. The Balaban J connectivity index is 2.29. The minimum Gasteiger partial charge on any atom is -0.467 e. The number of benzene rings is 1. The molecule has 1 heterocycles. The van der Waals surface area contributed by atoms with Gasteiger partial charge in [0, 0.05) is 0 Å². The molecule has 7 nitrogen and oxygen atoms in total. The molecule has 0 aromatic heterocycles. The number of amides is 3. The number of carbonyl (C=O) groups is 4. The van der Waals surface area contributed by atoms with Crippen LogP contribution in [0, 0.1) is 11.8 Å². The average Bonchev–Trinajstić information content (AvgIpc) is 2.85. The molecule has 0 aliphatic carbocycles. The smallest absolute Gasteiger partial charge is 0.328 e. The molecule has 1 aromatic rings. The second-order valence-electron chi connectivity index (χ2n) is 7.43. The third kappa shape index (κ3) is 4.18. The summed E-state index contributed by atoms with van der Waals surface area (Å²) in [5.74, 6) is -2.28. The Morgan fingerprint density at radius 3 is 1.96 bits per heavy atom. The Morgan fingerprint density at radius 2 is 1.56 bits per heavy atom. The molecule has 0 fully saturated rings. The number of fused-ring (bicyclic) bond motifs is 1. The van der Waals surface area contributed by atoms with Crippen LogP contribution < -0.4 is 5.32 Å². The molecule has 2 atom stereocenters. The summed E-state index contributed by atoms with van der Waals surface area (Å²) < 4.78 is 4.77. The van der Waals surface area contributed by atoms with Gasteiger partial charge in [0.25, 0.3) is 11.8 Å². The highest BCUT2D eigenvalue weighted by Crippen LogP contribution is 2.27. The summed E-state index contributed by atoms with van der Waals surface area (Å²) in [6.45, 7) is 7.35. The number of nitrogens with zero attached hydrogens (tertiary/aromatic N) is 1. The molecule has 1 N–H and O–H groups in total. The van der Waals surface area contributed by atoms with Crippen molar-refractivity contribution in [1.82, 2.24) is 10.2 Å². The molecule has 146 valence electrons. The maximum Gasteiger partial charge on any atom is 0.328 e. The molecule has 0 saturated carbocycles. The molecule has 0 bridgehead atoms. The van der Waals surface area contributed by atoms with Crippen molar-refractivity contribution in [3.8, 4) is 0 Å². The van der Waals surface area contributed by atoms with Crippen LogP contribution in [0.5, 0.6) is 0 Å².